The van der Waals surface area contributed by atoms with Crippen molar-refractivity contribution < 1.29 is 4.74 Å². The zero-order chi connectivity index (χ0) is 21.8. The summed E-state index contributed by atoms with van der Waals surface area (Å²) in [6.45, 7) is 8.54. The van der Waals surface area contributed by atoms with Crippen LogP contribution in [0.25, 0.3) is 5.57 Å². The molecule has 1 aliphatic rings. The van der Waals surface area contributed by atoms with Gasteiger partial charge in [-0.3, -0.25) is 10.8 Å². The molecular weight excluding hydrogens is 406 g/mol. The van der Waals surface area contributed by atoms with E-state index in [2.05, 4.69) is 38.3 Å². The first kappa shape index (κ1) is 23.4. The molecule has 0 bridgehead atoms. The zero-order valence-corrected chi connectivity index (χ0v) is 19.1. The van der Waals surface area contributed by atoms with Gasteiger partial charge in [0.25, 0.3) is 0 Å². The first-order valence-corrected chi connectivity index (χ1v) is 10.6. The van der Waals surface area contributed by atoms with Crippen LogP contribution in [0, 0.1) is 16.2 Å². The smallest absolute Gasteiger partial charge is 0.249 e. The minimum atomic E-state index is -0.0753. The Hall–Kier alpha value is -1.83. The second-order valence-electron chi connectivity index (χ2n) is 8.49. The number of hydrogen-bond donors (Lipinski definition) is 5. The monoisotopic (exact) mass is 435 g/mol. The predicted molar refractivity (Wildman–Crippen MR) is 125 cm³/mol. The molecule has 0 atom stereocenters. The number of ether oxygens (including phenoxy) is 1. The molecule has 1 fully saturated rings. The van der Waals surface area contributed by atoms with Crippen LogP contribution < -0.4 is 10.6 Å². The van der Waals surface area contributed by atoms with E-state index in [0.717, 1.165) is 30.2 Å². The van der Waals surface area contributed by atoms with Crippen LogP contribution in [-0.4, -0.2) is 40.7 Å². The van der Waals surface area contributed by atoms with E-state index in [9.17, 15) is 0 Å². The quantitative estimate of drug-likeness (QED) is 0.336. The van der Waals surface area contributed by atoms with E-state index < -0.39 is 0 Å². The van der Waals surface area contributed by atoms with Crippen molar-refractivity contribution in [1.29, 1.82) is 16.2 Å². The van der Waals surface area contributed by atoms with Gasteiger partial charge in [0.1, 0.15) is 11.1 Å². The minimum Gasteiger partial charge on any atom is -0.469 e. The van der Waals surface area contributed by atoms with E-state index in [-0.39, 0.29) is 27.5 Å². The Balaban J connectivity index is 2.05. The summed E-state index contributed by atoms with van der Waals surface area (Å²) >= 11 is 7.34. The molecule has 0 radical (unpaired) electrons. The van der Waals surface area contributed by atoms with Gasteiger partial charge in [-0.25, -0.2) is 0 Å². The highest BCUT2D eigenvalue weighted by atomic mass is 35.5. The summed E-state index contributed by atoms with van der Waals surface area (Å²) < 4.78 is 5.88. The lowest BCUT2D eigenvalue weighted by Gasteiger charge is -2.46. The number of allylic oxidation sites excluding steroid dienone is 1. The lowest BCUT2D eigenvalue weighted by Crippen LogP contribution is -2.59. The van der Waals surface area contributed by atoms with Gasteiger partial charge in [0.05, 0.1) is 5.02 Å². The maximum absolute atomic E-state index is 8.35. The molecule has 0 aliphatic carbocycles. The molecule has 8 heteroatoms. The molecule has 1 aromatic rings. The SMILES string of the molecule is CN/C=C(\C=N)c1ccc(C(=N)SC(=N)OC2CC(C)(C)NC(C)(C)C2)c(Cl)c1. The van der Waals surface area contributed by atoms with Gasteiger partial charge in [-0.15, -0.1) is 0 Å². The van der Waals surface area contributed by atoms with Gasteiger partial charge >= 0.3 is 0 Å². The largest absolute Gasteiger partial charge is 0.469 e. The van der Waals surface area contributed by atoms with E-state index in [4.69, 9.17) is 32.6 Å². The normalized spacial score (nSPS) is 18.8. The Bertz CT molecular complexity index is 818. The van der Waals surface area contributed by atoms with Crippen LogP contribution in [-0.2, 0) is 4.74 Å². The van der Waals surface area contributed by atoms with Crippen molar-refractivity contribution in [1.82, 2.24) is 10.6 Å². The van der Waals surface area contributed by atoms with Crippen molar-refractivity contribution in [2.24, 2.45) is 0 Å². The topological polar surface area (TPSA) is 105 Å². The highest BCUT2D eigenvalue weighted by Crippen LogP contribution is 2.32. The molecule has 1 saturated heterocycles. The molecule has 1 heterocycles. The fraction of sp³-hybridized carbons (Fsp3) is 0.476. The molecule has 1 aliphatic heterocycles. The standard InChI is InChI=1S/C21H30ClN5OS/c1-20(2)9-15(10-21(3,4)27-20)28-19(25)29-18(24)16-7-6-13(8-17(16)22)14(11-23)12-26-5/h6-8,11-12,15,23-27H,9-10H2,1-5H3/b14-12+,23-11?,24-18?,25-19?. The first-order valence-electron chi connectivity index (χ1n) is 9.45. The maximum atomic E-state index is 8.35. The molecule has 0 spiro atoms. The zero-order valence-electron chi connectivity index (χ0n) is 17.6. The second-order valence-corrected chi connectivity index (χ2v) is 9.88. The molecule has 0 aromatic heterocycles. The Morgan fingerprint density at radius 2 is 1.86 bits per heavy atom. The molecule has 0 unspecified atom stereocenters. The lowest BCUT2D eigenvalue weighted by molar-refractivity contribution is 0.0507. The second kappa shape index (κ2) is 9.32. The van der Waals surface area contributed by atoms with Crippen molar-refractivity contribution in [2.45, 2.75) is 57.7 Å². The summed E-state index contributed by atoms with van der Waals surface area (Å²) in [6, 6.07) is 5.28. The van der Waals surface area contributed by atoms with Gasteiger partial charge in [0, 0.05) is 54.5 Å². The number of thioether (sulfide) groups is 1. The van der Waals surface area contributed by atoms with Gasteiger partial charge in [-0.05, 0) is 51.1 Å². The molecule has 158 valence electrons. The highest BCUT2D eigenvalue weighted by Gasteiger charge is 2.39. The summed E-state index contributed by atoms with van der Waals surface area (Å²) in [7, 11) is 1.77. The third kappa shape index (κ3) is 6.59. The molecule has 29 heavy (non-hydrogen) atoms. The number of nitrogens with one attached hydrogen (secondary N) is 5. The predicted octanol–water partition coefficient (Wildman–Crippen LogP) is 4.87. The van der Waals surface area contributed by atoms with Gasteiger partial charge in [-0.2, -0.15) is 0 Å². The van der Waals surface area contributed by atoms with Crippen molar-refractivity contribution in [3.8, 4) is 0 Å². The van der Waals surface area contributed by atoms with E-state index in [1.165, 1.54) is 6.21 Å². The van der Waals surface area contributed by atoms with Crippen molar-refractivity contribution >= 4 is 45.4 Å². The van der Waals surface area contributed by atoms with Crippen molar-refractivity contribution in [3.05, 3.63) is 40.5 Å². The van der Waals surface area contributed by atoms with Crippen molar-refractivity contribution in [3.63, 3.8) is 0 Å². The highest BCUT2D eigenvalue weighted by molar-refractivity contribution is 8.26. The third-order valence-electron chi connectivity index (χ3n) is 4.62. The summed E-state index contributed by atoms with van der Waals surface area (Å²) in [6.07, 6.45) is 4.48. The maximum Gasteiger partial charge on any atom is 0.249 e. The fourth-order valence-electron chi connectivity index (χ4n) is 3.88. The molecule has 1 aromatic carbocycles. The molecule has 6 nitrogen and oxygen atoms in total. The Morgan fingerprint density at radius 1 is 1.24 bits per heavy atom. The number of hydrogen-bond acceptors (Lipinski definition) is 7. The van der Waals surface area contributed by atoms with Crippen LogP contribution in [0.3, 0.4) is 0 Å². The van der Waals surface area contributed by atoms with E-state index in [1.54, 1.807) is 25.4 Å². The molecular formula is C21H30ClN5OS. The van der Waals surface area contributed by atoms with Crippen molar-refractivity contribution in [2.75, 3.05) is 7.05 Å². The van der Waals surface area contributed by atoms with Crippen LogP contribution in [0.5, 0.6) is 0 Å². The molecule has 0 saturated carbocycles. The van der Waals surface area contributed by atoms with E-state index in [1.807, 2.05) is 6.07 Å². The average molecular weight is 436 g/mol. The summed E-state index contributed by atoms with van der Waals surface area (Å²) in [4.78, 5) is 0. The number of halogens is 1. The Labute approximate surface area is 182 Å². The van der Waals surface area contributed by atoms with Crippen LogP contribution in [0.2, 0.25) is 5.02 Å². The van der Waals surface area contributed by atoms with Gasteiger partial charge < -0.3 is 20.8 Å². The molecule has 2 rings (SSSR count). The summed E-state index contributed by atoms with van der Waals surface area (Å²) in [5.74, 6) is 0. The van der Waals surface area contributed by atoms with Gasteiger partial charge in [-0.1, -0.05) is 23.7 Å². The summed E-state index contributed by atoms with van der Waals surface area (Å²) in [5, 5.41) is 31.1. The summed E-state index contributed by atoms with van der Waals surface area (Å²) in [5.41, 5.74) is 1.86. The number of benzene rings is 1. The minimum absolute atomic E-state index is 0.00361. The third-order valence-corrected chi connectivity index (χ3v) is 5.64. The number of rotatable bonds is 5. The Morgan fingerprint density at radius 3 is 2.38 bits per heavy atom. The first-order chi connectivity index (χ1) is 13.5. The van der Waals surface area contributed by atoms with Crippen LogP contribution in [0.1, 0.15) is 51.7 Å². The average Bonchev–Trinajstić information content (AvgIpc) is 2.56. The van der Waals surface area contributed by atoms with Gasteiger partial charge in [0.15, 0.2) is 0 Å². The van der Waals surface area contributed by atoms with Crippen LogP contribution in [0.4, 0.5) is 0 Å². The molecule has 0 amide bonds. The molecule has 5 N–H and O–H groups in total. The van der Waals surface area contributed by atoms with Gasteiger partial charge in [0.2, 0.25) is 5.23 Å². The van der Waals surface area contributed by atoms with E-state index in [0.29, 0.717) is 16.2 Å². The Kier molecular flexibility index (Phi) is 7.54. The fourth-order valence-corrected chi connectivity index (χ4v) is 4.87. The van der Waals surface area contributed by atoms with E-state index >= 15 is 0 Å². The van der Waals surface area contributed by atoms with Crippen LogP contribution >= 0.6 is 23.4 Å². The number of piperidine rings is 1. The lowest BCUT2D eigenvalue weighted by atomic mass is 9.81. The van der Waals surface area contributed by atoms with Crippen LogP contribution in [0.15, 0.2) is 24.4 Å².